The monoisotopic (exact) mass is 428 g/mol. The fraction of sp³-hybridized carbons (Fsp3) is 0.0833. The SMILES string of the molecule is O=C(Nc1ccc2c(c1)N(Cc1ccccc1)C(=O)CS2)Nc1c[nH]c2ccccc12. The van der Waals surface area contributed by atoms with Gasteiger partial charge < -0.3 is 20.5 Å². The Morgan fingerprint density at radius 3 is 2.68 bits per heavy atom. The molecule has 154 valence electrons. The predicted octanol–water partition coefficient (Wildman–Crippen LogP) is 5.45. The number of aromatic nitrogens is 1. The summed E-state index contributed by atoms with van der Waals surface area (Å²) in [6, 6.07) is 23.0. The molecule has 7 heteroatoms. The predicted molar refractivity (Wildman–Crippen MR) is 126 cm³/mol. The van der Waals surface area contributed by atoms with Crippen LogP contribution in [0.4, 0.5) is 21.9 Å². The third-order valence-electron chi connectivity index (χ3n) is 5.18. The van der Waals surface area contributed by atoms with Crippen LogP contribution in [0.2, 0.25) is 0 Å². The van der Waals surface area contributed by atoms with Gasteiger partial charge in [0.1, 0.15) is 0 Å². The van der Waals surface area contributed by atoms with E-state index in [2.05, 4.69) is 15.6 Å². The zero-order chi connectivity index (χ0) is 21.2. The van der Waals surface area contributed by atoms with Crippen molar-refractivity contribution >= 4 is 51.7 Å². The molecule has 0 unspecified atom stereocenters. The van der Waals surface area contributed by atoms with Gasteiger partial charge in [-0.05, 0) is 29.8 Å². The lowest BCUT2D eigenvalue weighted by atomic mass is 10.2. The van der Waals surface area contributed by atoms with E-state index in [0.29, 0.717) is 23.7 Å². The number of urea groups is 1. The van der Waals surface area contributed by atoms with Gasteiger partial charge in [0.25, 0.3) is 0 Å². The molecule has 0 spiro atoms. The second-order valence-electron chi connectivity index (χ2n) is 7.26. The van der Waals surface area contributed by atoms with Gasteiger partial charge in [-0.1, -0.05) is 48.5 Å². The molecule has 0 radical (unpaired) electrons. The van der Waals surface area contributed by atoms with E-state index in [1.54, 1.807) is 11.1 Å². The fourth-order valence-electron chi connectivity index (χ4n) is 3.68. The van der Waals surface area contributed by atoms with Crippen LogP contribution in [0, 0.1) is 0 Å². The number of aromatic amines is 1. The highest BCUT2D eigenvalue weighted by atomic mass is 32.2. The first-order valence-electron chi connectivity index (χ1n) is 9.93. The number of rotatable bonds is 4. The second-order valence-corrected chi connectivity index (χ2v) is 8.28. The average Bonchev–Trinajstić information content (AvgIpc) is 3.19. The number of H-pyrrole nitrogens is 1. The Balaban J connectivity index is 1.36. The van der Waals surface area contributed by atoms with Crippen molar-refractivity contribution in [3.05, 3.63) is 84.6 Å². The fourth-order valence-corrected chi connectivity index (χ4v) is 4.59. The van der Waals surface area contributed by atoms with Crippen molar-refractivity contribution in [1.82, 2.24) is 4.98 Å². The molecule has 0 saturated heterocycles. The van der Waals surface area contributed by atoms with Crippen molar-refractivity contribution in [3.8, 4) is 0 Å². The summed E-state index contributed by atoms with van der Waals surface area (Å²) in [5.74, 6) is 0.468. The number of carbonyl (C=O) groups excluding carboxylic acids is 2. The van der Waals surface area contributed by atoms with Gasteiger partial charge >= 0.3 is 6.03 Å². The first-order valence-corrected chi connectivity index (χ1v) is 10.9. The highest BCUT2D eigenvalue weighted by molar-refractivity contribution is 8.00. The molecule has 0 fully saturated rings. The van der Waals surface area contributed by atoms with E-state index in [0.717, 1.165) is 27.0 Å². The van der Waals surface area contributed by atoms with Gasteiger partial charge in [0, 0.05) is 27.7 Å². The van der Waals surface area contributed by atoms with E-state index in [9.17, 15) is 9.59 Å². The highest BCUT2D eigenvalue weighted by Crippen LogP contribution is 2.38. The van der Waals surface area contributed by atoms with Crippen LogP contribution in [0.1, 0.15) is 5.56 Å². The average molecular weight is 429 g/mol. The Labute approximate surface area is 183 Å². The van der Waals surface area contributed by atoms with Gasteiger partial charge in [-0.15, -0.1) is 11.8 Å². The topological polar surface area (TPSA) is 77.2 Å². The lowest BCUT2D eigenvalue weighted by molar-refractivity contribution is -0.116. The third kappa shape index (κ3) is 4.00. The molecular weight excluding hydrogens is 408 g/mol. The van der Waals surface area contributed by atoms with Gasteiger partial charge in [0.15, 0.2) is 0 Å². The molecule has 3 aromatic carbocycles. The maximum atomic E-state index is 12.6. The molecule has 3 N–H and O–H groups in total. The van der Waals surface area contributed by atoms with E-state index < -0.39 is 0 Å². The van der Waals surface area contributed by atoms with E-state index in [1.165, 1.54) is 11.8 Å². The first-order chi connectivity index (χ1) is 15.2. The molecule has 6 nitrogen and oxygen atoms in total. The molecule has 0 bridgehead atoms. The van der Waals surface area contributed by atoms with Gasteiger partial charge in [-0.3, -0.25) is 4.79 Å². The molecule has 2 heterocycles. The van der Waals surface area contributed by atoms with E-state index >= 15 is 0 Å². The summed E-state index contributed by atoms with van der Waals surface area (Å²) in [7, 11) is 0. The smallest absolute Gasteiger partial charge is 0.323 e. The van der Waals surface area contributed by atoms with E-state index in [-0.39, 0.29) is 11.9 Å². The van der Waals surface area contributed by atoms with Gasteiger partial charge in [0.2, 0.25) is 5.91 Å². The molecule has 31 heavy (non-hydrogen) atoms. The highest BCUT2D eigenvalue weighted by Gasteiger charge is 2.25. The lowest BCUT2D eigenvalue weighted by Gasteiger charge is -2.29. The number of nitrogens with zero attached hydrogens (tertiary/aromatic N) is 1. The minimum atomic E-state index is -0.339. The molecule has 5 rings (SSSR count). The molecule has 1 aliphatic heterocycles. The van der Waals surface area contributed by atoms with Crippen molar-refractivity contribution < 1.29 is 9.59 Å². The van der Waals surface area contributed by atoms with Crippen LogP contribution in [0.3, 0.4) is 0 Å². The second kappa shape index (κ2) is 8.20. The van der Waals surface area contributed by atoms with Crippen LogP contribution in [0.5, 0.6) is 0 Å². The van der Waals surface area contributed by atoms with Crippen LogP contribution in [-0.2, 0) is 11.3 Å². The number of nitrogens with one attached hydrogen (secondary N) is 3. The number of anilines is 3. The number of para-hydroxylation sites is 1. The minimum Gasteiger partial charge on any atom is -0.359 e. The van der Waals surface area contributed by atoms with Gasteiger partial charge in [-0.2, -0.15) is 0 Å². The van der Waals surface area contributed by atoms with Crippen molar-refractivity contribution in [2.75, 3.05) is 21.3 Å². The number of amides is 3. The summed E-state index contributed by atoms with van der Waals surface area (Å²) in [4.78, 5) is 31.2. The Kier molecular flexibility index (Phi) is 5.09. The summed E-state index contributed by atoms with van der Waals surface area (Å²) in [6.45, 7) is 0.498. The molecule has 1 aromatic heterocycles. The molecule has 1 aliphatic rings. The van der Waals surface area contributed by atoms with Crippen LogP contribution < -0.4 is 15.5 Å². The number of carbonyl (C=O) groups is 2. The molecule has 3 amide bonds. The van der Waals surface area contributed by atoms with Crippen molar-refractivity contribution in [1.29, 1.82) is 0 Å². The van der Waals surface area contributed by atoms with Crippen molar-refractivity contribution in [3.63, 3.8) is 0 Å². The van der Waals surface area contributed by atoms with Gasteiger partial charge in [0.05, 0.1) is 23.7 Å². The molecular formula is C24H20N4O2S. The minimum absolute atomic E-state index is 0.0572. The number of hydrogen-bond donors (Lipinski definition) is 3. The summed E-state index contributed by atoms with van der Waals surface area (Å²) in [6.07, 6.45) is 1.77. The number of thioether (sulfide) groups is 1. The van der Waals surface area contributed by atoms with Crippen molar-refractivity contribution in [2.45, 2.75) is 11.4 Å². The summed E-state index contributed by atoms with van der Waals surface area (Å²) < 4.78 is 0. The van der Waals surface area contributed by atoms with Gasteiger partial charge in [-0.25, -0.2) is 4.79 Å². The van der Waals surface area contributed by atoms with Crippen molar-refractivity contribution in [2.24, 2.45) is 0 Å². The summed E-state index contributed by atoms with van der Waals surface area (Å²) in [5.41, 5.74) is 4.17. The van der Waals surface area contributed by atoms with E-state index in [1.807, 2.05) is 72.8 Å². The Bertz CT molecular complexity index is 1270. The third-order valence-corrected chi connectivity index (χ3v) is 6.23. The van der Waals surface area contributed by atoms with Crippen LogP contribution in [0.15, 0.2) is 83.9 Å². The Morgan fingerprint density at radius 1 is 1.00 bits per heavy atom. The number of hydrogen-bond acceptors (Lipinski definition) is 3. The quantitative estimate of drug-likeness (QED) is 0.404. The van der Waals surface area contributed by atoms with Crippen LogP contribution in [-0.4, -0.2) is 22.7 Å². The summed E-state index contributed by atoms with van der Waals surface area (Å²) in [5, 5.41) is 6.71. The standard InChI is InChI=1S/C24H20N4O2S/c29-23-15-31-22-11-10-17(12-21(22)28(23)14-16-6-2-1-3-7-16)26-24(30)27-20-13-25-19-9-5-4-8-18(19)20/h1-13,25H,14-15H2,(H2,26,27,30). The van der Waals surface area contributed by atoms with E-state index in [4.69, 9.17) is 0 Å². The maximum Gasteiger partial charge on any atom is 0.323 e. The Morgan fingerprint density at radius 2 is 1.81 bits per heavy atom. The van der Waals surface area contributed by atoms with Crippen LogP contribution in [0.25, 0.3) is 10.9 Å². The number of benzene rings is 3. The maximum absolute atomic E-state index is 12.6. The molecule has 0 atom stereocenters. The zero-order valence-electron chi connectivity index (χ0n) is 16.6. The summed E-state index contributed by atoms with van der Waals surface area (Å²) >= 11 is 1.52. The van der Waals surface area contributed by atoms with Crippen LogP contribution >= 0.6 is 11.8 Å². The lowest BCUT2D eigenvalue weighted by Crippen LogP contribution is -2.34. The largest absolute Gasteiger partial charge is 0.359 e. The molecule has 0 aliphatic carbocycles. The zero-order valence-corrected chi connectivity index (χ0v) is 17.4. The Hall–Kier alpha value is -3.71. The first kappa shape index (κ1) is 19.3. The normalized spacial score (nSPS) is 13.2. The number of fused-ring (bicyclic) bond motifs is 2. The molecule has 4 aromatic rings. The molecule has 0 saturated carbocycles.